The highest BCUT2D eigenvalue weighted by molar-refractivity contribution is 5.80. The second-order valence-electron chi connectivity index (χ2n) is 8.15. The fourth-order valence-electron chi connectivity index (χ4n) is 3.86. The third kappa shape index (κ3) is 5.58. The van der Waals surface area contributed by atoms with Crippen molar-refractivity contribution in [2.24, 2.45) is 0 Å². The van der Waals surface area contributed by atoms with Gasteiger partial charge in [0.05, 0.1) is 13.0 Å². The summed E-state index contributed by atoms with van der Waals surface area (Å²) < 4.78 is 1.95. The zero-order valence-corrected chi connectivity index (χ0v) is 19.2. The van der Waals surface area contributed by atoms with Crippen molar-refractivity contribution in [3.8, 4) is 22.5 Å². The van der Waals surface area contributed by atoms with Crippen molar-refractivity contribution in [3.63, 3.8) is 0 Å². The van der Waals surface area contributed by atoms with Crippen LogP contribution in [0, 0.1) is 0 Å². The lowest BCUT2D eigenvalue weighted by molar-refractivity contribution is -0.118. The number of tetrazole rings is 1. The number of ketones is 1. The molecule has 0 radical (unpaired) electrons. The Labute approximate surface area is 193 Å². The molecule has 0 atom stereocenters. The number of nitrogens with one attached hydrogen (secondary N) is 1. The van der Waals surface area contributed by atoms with Crippen LogP contribution >= 0.6 is 0 Å². The molecule has 0 aliphatic heterocycles. The van der Waals surface area contributed by atoms with E-state index in [1.165, 1.54) is 0 Å². The van der Waals surface area contributed by atoms with Gasteiger partial charge in [0.2, 0.25) is 5.82 Å². The van der Waals surface area contributed by atoms with Gasteiger partial charge >= 0.3 is 0 Å². The first-order valence-corrected chi connectivity index (χ1v) is 11.5. The number of Topliss-reactive ketones (excluding diaryl/α,β-unsaturated/α-hetero) is 1. The van der Waals surface area contributed by atoms with Crippen molar-refractivity contribution in [3.05, 3.63) is 65.7 Å². The number of carbonyl (C=O) groups is 1. The number of nitrogens with zero attached hydrogens (tertiary/aromatic N) is 6. The Morgan fingerprint density at radius 3 is 2.48 bits per heavy atom. The lowest BCUT2D eigenvalue weighted by Gasteiger charge is -2.09. The molecule has 0 aliphatic carbocycles. The van der Waals surface area contributed by atoms with Crippen LogP contribution in [0.25, 0.3) is 22.5 Å². The second-order valence-corrected chi connectivity index (χ2v) is 8.15. The van der Waals surface area contributed by atoms with Crippen LogP contribution in [0.5, 0.6) is 0 Å². The summed E-state index contributed by atoms with van der Waals surface area (Å²) >= 11 is 0. The normalized spacial score (nSPS) is 11.1. The molecule has 2 aromatic carbocycles. The van der Waals surface area contributed by atoms with Crippen LogP contribution in [0.15, 0.2) is 48.5 Å². The third-order valence-corrected chi connectivity index (χ3v) is 5.54. The summed E-state index contributed by atoms with van der Waals surface area (Å²) in [6.07, 6.45) is 4.74. The molecular formula is C25H29N7O. The quantitative estimate of drug-likeness (QED) is 0.368. The Morgan fingerprint density at radius 2 is 1.79 bits per heavy atom. The van der Waals surface area contributed by atoms with E-state index in [0.29, 0.717) is 31.0 Å². The van der Waals surface area contributed by atoms with Crippen molar-refractivity contribution in [2.45, 2.75) is 58.9 Å². The number of unbranched alkanes of at least 4 members (excludes halogenated alkanes) is 1. The minimum atomic E-state index is 0.196. The van der Waals surface area contributed by atoms with Gasteiger partial charge in [0.15, 0.2) is 5.82 Å². The number of rotatable bonds is 11. The van der Waals surface area contributed by atoms with Crippen molar-refractivity contribution in [1.29, 1.82) is 0 Å². The average molecular weight is 444 g/mol. The van der Waals surface area contributed by atoms with Gasteiger partial charge in [-0.3, -0.25) is 4.79 Å². The van der Waals surface area contributed by atoms with Gasteiger partial charge in [0, 0.05) is 18.4 Å². The summed E-state index contributed by atoms with van der Waals surface area (Å²) in [4.78, 5) is 16.8. The molecular weight excluding hydrogens is 414 g/mol. The van der Waals surface area contributed by atoms with E-state index in [-0.39, 0.29) is 5.78 Å². The van der Waals surface area contributed by atoms with Crippen molar-refractivity contribution in [1.82, 2.24) is 35.4 Å². The van der Waals surface area contributed by atoms with Gasteiger partial charge in [-0.1, -0.05) is 68.8 Å². The summed E-state index contributed by atoms with van der Waals surface area (Å²) in [7, 11) is 0. The number of aryl methyl sites for hydroxylation is 1. The molecule has 2 aromatic heterocycles. The summed E-state index contributed by atoms with van der Waals surface area (Å²) in [5, 5.41) is 19.1. The first-order chi connectivity index (χ1) is 16.2. The van der Waals surface area contributed by atoms with Gasteiger partial charge in [-0.15, -0.1) is 10.2 Å². The largest absolute Gasteiger partial charge is 0.299 e. The van der Waals surface area contributed by atoms with Gasteiger partial charge in [0.1, 0.15) is 11.6 Å². The van der Waals surface area contributed by atoms with Crippen LogP contribution in [0.2, 0.25) is 0 Å². The minimum absolute atomic E-state index is 0.196. The van der Waals surface area contributed by atoms with Crippen LogP contribution in [-0.4, -0.2) is 41.2 Å². The average Bonchev–Trinajstić information content (AvgIpc) is 3.49. The van der Waals surface area contributed by atoms with E-state index < -0.39 is 0 Å². The van der Waals surface area contributed by atoms with E-state index in [1.807, 2.05) is 29.8 Å². The second kappa shape index (κ2) is 10.8. The van der Waals surface area contributed by atoms with E-state index in [1.54, 1.807) is 0 Å². The molecule has 0 unspecified atom stereocenters. The molecule has 2 heterocycles. The maximum absolute atomic E-state index is 12.1. The third-order valence-electron chi connectivity index (χ3n) is 5.54. The summed E-state index contributed by atoms with van der Waals surface area (Å²) in [6.45, 7) is 4.80. The number of hydrogen-bond donors (Lipinski definition) is 1. The molecule has 1 N–H and O–H groups in total. The first kappa shape index (κ1) is 22.5. The minimum Gasteiger partial charge on any atom is -0.299 e. The van der Waals surface area contributed by atoms with Crippen LogP contribution in [0.4, 0.5) is 0 Å². The SMILES string of the molecule is CCCCc1nc(CC(=O)CCC)nn1Cc1ccc(-c2ccccc2-c2nn[nH]n2)cc1. The molecule has 8 heteroatoms. The van der Waals surface area contributed by atoms with Crippen LogP contribution < -0.4 is 0 Å². The van der Waals surface area contributed by atoms with E-state index in [4.69, 9.17) is 0 Å². The number of aromatic nitrogens is 7. The lowest BCUT2D eigenvalue weighted by atomic mass is 9.98. The van der Waals surface area contributed by atoms with Gasteiger partial charge in [0.25, 0.3) is 0 Å². The molecule has 0 fully saturated rings. The molecule has 33 heavy (non-hydrogen) atoms. The number of H-pyrrole nitrogens is 1. The predicted molar refractivity (Wildman–Crippen MR) is 126 cm³/mol. The molecule has 4 rings (SSSR count). The topological polar surface area (TPSA) is 102 Å². The molecule has 170 valence electrons. The van der Waals surface area contributed by atoms with Gasteiger partial charge in [-0.25, -0.2) is 9.67 Å². The first-order valence-electron chi connectivity index (χ1n) is 11.5. The Kier molecular flexibility index (Phi) is 7.34. The highest BCUT2D eigenvalue weighted by Gasteiger charge is 2.14. The lowest BCUT2D eigenvalue weighted by Crippen LogP contribution is -2.08. The molecule has 0 aliphatic rings. The number of benzene rings is 2. The van der Waals surface area contributed by atoms with Gasteiger partial charge < -0.3 is 0 Å². The summed E-state index contributed by atoms with van der Waals surface area (Å²) in [5.41, 5.74) is 4.18. The number of aromatic amines is 1. The van der Waals surface area contributed by atoms with Gasteiger partial charge in [-0.2, -0.15) is 10.3 Å². The highest BCUT2D eigenvalue weighted by atomic mass is 16.1. The fourth-order valence-corrected chi connectivity index (χ4v) is 3.86. The van der Waals surface area contributed by atoms with Crippen molar-refractivity contribution in [2.75, 3.05) is 0 Å². The van der Waals surface area contributed by atoms with Crippen molar-refractivity contribution < 1.29 is 4.79 Å². The summed E-state index contributed by atoms with van der Waals surface area (Å²) in [5.74, 6) is 2.34. The van der Waals surface area contributed by atoms with E-state index >= 15 is 0 Å². The van der Waals surface area contributed by atoms with E-state index in [9.17, 15) is 4.79 Å². The zero-order chi connectivity index (χ0) is 23.0. The molecule has 0 bridgehead atoms. The van der Waals surface area contributed by atoms with Gasteiger partial charge in [-0.05, 0) is 34.7 Å². The number of carbonyl (C=O) groups excluding carboxylic acids is 1. The molecule has 8 nitrogen and oxygen atoms in total. The Morgan fingerprint density at radius 1 is 1.00 bits per heavy atom. The zero-order valence-electron chi connectivity index (χ0n) is 19.2. The van der Waals surface area contributed by atoms with Crippen LogP contribution in [0.1, 0.15) is 56.7 Å². The Hall–Kier alpha value is -3.68. The van der Waals surface area contributed by atoms with Crippen LogP contribution in [-0.2, 0) is 24.2 Å². The summed E-state index contributed by atoms with van der Waals surface area (Å²) in [6, 6.07) is 16.4. The molecule has 0 amide bonds. The fraction of sp³-hybridized carbons (Fsp3) is 0.360. The van der Waals surface area contributed by atoms with Crippen molar-refractivity contribution >= 4 is 5.78 Å². The smallest absolute Gasteiger partial charge is 0.205 e. The monoisotopic (exact) mass is 443 g/mol. The Bertz CT molecular complexity index is 1180. The Balaban J connectivity index is 1.55. The predicted octanol–water partition coefficient (Wildman–Crippen LogP) is 4.43. The number of hydrogen-bond acceptors (Lipinski definition) is 6. The molecule has 0 spiro atoms. The maximum Gasteiger partial charge on any atom is 0.205 e. The van der Waals surface area contributed by atoms with E-state index in [2.05, 4.69) is 68.0 Å². The molecule has 4 aromatic rings. The maximum atomic E-state index is 12.1. The molecule has 0 saturated heterocycles. The van der Waals surface area contributed by atoms with Crippen LogP contribution in [0.3, 0.4) is 0 Å². The standard InChI is InChI=1S/C25H29N7O/c1-3-5-11-24-26-23(16-20(33)8-4-2)29-32(24)17-18-12-14-19(15-13-18)21-9-6-7-10-22(21)25-27-30-31-28-25/h6-7,9-10,12-15H,3-5,8,11,16-17H2,1-2H3,(H,27,28,30,31). The van der Waals surface area contributed by atoms with E-state index in [0.717, 1.165) is 53.8 Å². The molecule has 0 saturated carbocycles. The highest BCUT2D eigenvalue weighted by Crippen LogP contribution is 2.29.